The highest BCUT2D eigenvalue weighted by molar-refractivity contribution is 7.17. The molecular weight excluding hydrogens is 450 g/mol. The van der Waals surface area contributed by atoms with E-state index in [1.54, 1.807) is 6.20 Å². The van der Waals surface area contributed by atoms with Gasteiger partial charge in [0.1, 0.15) is 11.5 Å². The van der Waals surface area contributed by atoms with Gasteiger partial charge >= 0.3 is 0 Å². The lowest BCUT2D eigenvalue weighted by Gasteiger charge is -2.22. The number of thiazole rings is 1. The fourth-order valence-electron chi connectivity index (χ4n) is 4.70. The molecule has 2 amide bonds. The van der Waals surface area contributed by atoms with Crippen molar-refractivity contribution in [1.29, 1.82) is 0 Å². The number of amides is 2. The summed E-state index contributed by atoms with van der Waals surface area (Å²) in [6.45, 7) is 10.9. The minimum atomic E-state index is -0.538. The van der Waals surface area contributed by atoms with Gasteiger partial charge in [0.05, 0.1) is 17.0 Å². The zero-order chi connectivity index (χ0) is 24.6. The molecule has 1 saturated carbocycles. The van der Waals surface area contributed by atoms with Crippen molar-refractivity contribution in [2.75, 3.05) is 11.9 Å². The van der Waals surface area contributed by atoms with E-state index >= 15 is 0 Å². The number of anilines is 1. The van der Waals surface area contributed by atoms with Crippen LogP contribution in [-0.4, -0.2) is 62.1 Å². The molecule has 9 heteroatoms. The summed E-state index contributed by atoms with van der Waals surface area (Å²) in [7, 11) is 0. The number of carbonyl (C=O) groups excluding carboxylic acids is 2. The van der Waals surface area contributed by atoms with E-state index < -0.39 is 6.10 Å². The van der Waals surface area contributed by atoms with E-state index in [0.717, 1.165) is 42.6 Å². The zero-order valence-corrected chi connectivity index (χ0v) is 21.5. The first-order valence-corrected chi connectivity index (χ1v) is 12.9. The van der Waals surface area contributed by atoms with Gasteiger partial charge in [-0.3, -0.25) is 9.59 Å². The van der Waals surface area contributed by atoms with E-state index in [2.05, 4.69) is 41.4 Å². The number of nitrogens with zero attached hydrogens (tertiary/aromatic N) is 3. The Labute approximate surface area is 205 Å². The molecule has 0 radical (unpaired) electrons. The number of carbonyl (C=O) groups is 2. The number of aryl methyl sites for hydroxylation is 1. The van der Waals surface area contributed by atoms with Gasteiger partial charge < -0.3 is 20.6 Å². The second-order valence-electron chi connectivity index (χ2n) is 10.5. The third-order valence-electron chi connectivity index (χ3n) is 6.49. The largest absolute Gasteiger partial charge is 0.391 e. The van der Waals surface area contributed by atoms with Gasteiger partial charge in [0, 0.05) is 29.9 Å². The van der Waals surface area contributed by atoms with Gasteiger partial charge in [-0.2, -0.15) is 0 Å². The maximum absolute atomic E-state index is 13.5. The molecule has 0 unspecified atom stereocenters. The number of likely N-dealkylation sites (tertiary alicyclic amines) is 1. The predicted octanol–water partition coefficient (Wildman–Crippen LogP) is 3.99. The SMILES string of the molecule is Cc1cc(NC(C)(C)C)ncc1-c1sc(C(=O)N[C@@H]2CCC[C@H]2O)nc1C(=O)N1CCC[C@@H]1C. The van der Waals surface area contributed by atoms with Gasteiger partial charge in [-0.25, -0.2) is 9.97 Å². The Morgan fingerprint density at radius 1 is 1.21 bits per heavy atom. The van der Waals surface area contributed by atoms with Crippen LogP contribution < -0.4 is 10.6 Å². The molecule has 184 valence electrons. The van der Waals surface area contributed by atoms with E-state index in [-0.39, 0.29) is 34.4 Å². The van der Waals surface area contributed by atoms with E-state index in [1.807, 2.05) is 24.8 Å². The molecule has 3 atom stereocenters. The van der Waals surface area contributed by atoms with Crippen LogP contribution in [0.25, 0.3) is 10.4 Å². The van der Waals surface area contributed by atoms with Crippen molar-refractivity contribution in [3.05, 3.63) is 28.5 Å². The summed E-state index contributed by atoms with van der Waals surface area (Å²) < 4.78 is 0. The predicted molar refractivity (Wildman–Crippen MR) is 134 cm³/mol. The van der Waals surface area contributed by atoms with E-state index in [4.69, 9.17) is 0 Å². The van der Waals surface area contributed by atoms with Crippen molar-refractivity contribution in [2.45, 2.75) is 90.4 Å². The van der Waals surface area contributed by atoms with Crippen LogP contribution in [-0.2, 0) is 0 Å². The highest BCUT2D eigenvalue weighted by Crippen LogP contribution is 2.35. The summed E-state index contributed by atoms with van der Waals surface area (Å²) in [5.41, 5.74) is 1.92. The molecule has 4 rings (SSSR count). The Kier molecular flexibility index (Phi) is 6.96. The summed E-state index contributed by atoms with van der Waals surface area (Å²) in [6.07, 6.45) is 5.45. The van der Waals surface area contributed by atoms with Gasteiger partial charge in [0.2, 0.25) is 0 Å². The van der Waals surface area contributed by atoms with Crippen LogP contribution in [0.15, 0.2) is 12.3 Å². The maximum Gasteiger partial charge on any atom is 0.280 e. The third kappa shape index (κ3) is 5.25. The minimum absolute atomic E-state index is 0.130. The number of aliphatic hydroxyl groups is 1. The van der Waals surface area contributed by atoms with Crippen molar-refractivity contribution in [3.63, 3.8) is 0 Å². The summed E-state index contributed by atoms with van der Waals surface area (Å²) in [6, 6.07) is 1.83. The van der Waals surface area contributed by atoms with E-state index in [1.165, 1.54) is 11.3 Å². The molecule has 3 N–H and O–H groups in total. The summed E-state index contributed by atoms with van der Waals surface area (Å²) in [4.78, 5) is 38.2. The number of aromatic nitrogens is 2. The number of hydrogen-bond acceptors (Lipinski definition) is 7. The monoisotopic (exact) mass is 485 g/mol. The van der Waals surface area contributed by atoms with E-state index in [9.17, 15) is 14.7 Å². The molecule has 3 heterocycles. The first-order chi connectivity index (χ1) is 16.0. The highest BCUT2D eigenvalue weighted by atomic mass is 32.1. The molecule has 34 heavy (non-hydrogen) atoms. The standard InChI is InChI=1S/C25H35N5O3S/c1-14-12-19(29-25(3,4)5)26-13-16(14)21-20(24(33)30-11-7-8-15(30)2)28-23(34-21)22(32)27-17-9-6-10-18(17)31/h12-13,15,17-18,31H,6-11H2,1-5H3,(H,26,29)(H,27,32)/t15-,17+,18+/m0/s1. The topological polar surface area (TPSA) is 107 Å². The quantitative estimate of drug-likeness (QED) is 0.591. The van der Waals surface area contributed by atoms with Crippen LogP contribution in [0, 0.1) is 6.92 Å². The first kappa shape index (κ1) is 24.6. The van der Waals surface area contributed by atoms with Crippen LogP contribution in [0.5, 0.6) is 0 Å². The number of pyridine rings is 1. The fraction of sp³-hybridized carbons (Fsp3) is 0.600. The number of aliphatic hydroxyl groups excluding tert-OH is 1. The molecule has 1 aliphatic heterocycles. The Bertz CT molecular complexity index is 1080. The summed E-state index contributed by atoms with van der Waals surface area (Å²) in [5, 5.41) is 16.6. The number of hydrogen-bond donors (Lipinski definition) is 3. The minimum Gasteiger partial charge on any atom is -0.391 e. The van der Waals surface area contributed by atoms with Crippen LogP contribution in [0.2, 0.25) is 0 Å². The van der Waals surface area contributed by atoms with Crippen molar-refractivity contribution < 1.29 is 14.7 Å². The molecule has 8 nitrogen and oxygen atoms in total. The molecule has 2 aromatic heterocycles. The molecular formula is C25H35N5O3S. The molecule has 2 aliphatic rings. The lowest BCUT2D eigenvalue weighted by atomic mass is 10.1. The molecule has 2 aromatic rings. The Morgan fingerprint density at radius 3 is 2.56 bits per heavy atom. The average molecular weight is 486 g/mol. The second kappa shape index (κ2) is 9.62. The smallest absolute Gasteiger partial charge is 0.280 e. The van der Waals surface area contributed by atoms with Crippen LogP contribution in [0.3, 0.4) is 0 Å². The van der Waals surface area contributed by atoms with E-state index in [0.29, 0.717) is 23.5 Å². The van der Waals surface area contributed by atoms with Gasteiger partial charge in [0.25, 0.3) is 11.8 Å². The third-order valence-corrected chi connectivity index (χ3v) is 7.58. The van der Waals surface area contributed by atoms with Crippen molar-refractivity contribution >= 4 is 29.0 Å². The van der Waals surface area contributed by atoms with Crippen molar-refractivity contribution in [1.82, 2.24) is 20.2 Å². The Balaban J connectivity index is 1.70. The van der Waals surface area contributed by atoms with Gasteiger partial charge in [-0.1, -0.05) is 0 Å². The lowest BCUT2D eigenvalue weighted by molar-refractivity contribution is 0.0743. The number of nitrogens with one attached hydrogen (secondary N) is 2. The lowest BCUT2D eigenvalue weighted by Crippen LogP contribution is -2.40. The zero-order valence-electron chi connectivity index (χ0n) is 20.6. The van der Waals surface area contributed by atoms with Crippen LogP contribution in [0.1, 0.15) is 85.7 Å². The normalized spacial score (nSPS) is 22.8. The second-order valence-corrected chi connectivity index (χ2v) is 11.5. The fourth-order valence-corrected chi connectivity index (χ4v) is 5.74. The van der Waals surface area contributed by atoms with Gasteiger partial charge in [-0.05, 0) is 78.4 Å². The summed E-state index contributed by atoms with van der Waals surface area (Å²) >= 11 is 1.21. The molecule has 1 saturated heterocycles. The average Bonchev–Trinajstić information content (AvgIpc) is 3.47. The van der Waals surface area contributed by atoms with Gasteiger partial charge in [-0.15, -0.1) is 11.3 Å². The molecule has 0 bridgehead atoms. The molecule has 0 aromatic carbocycles. The molecule has 2 fully saturated rings. The number of rotatable bonds is 5. The Hall–Kier alpha value is -2.52. The highest BCUT2D eigenvalue weighted by Gasteiger charge is 2.33. The first-order valence-electron chi connectivity index (χ1n) is 12.1. The van der Waals surface area contributed by atoms with Crippen molar-refractivity contribution in [2.24, 2.45) is 0 Å². The summed E-state index contributed by atoms with van der Waals surface area (Å²) in [5.74, 6) is 0.266. The van der Waals surface area contributed by atoms with Crippen LogP contribution >= 0.6 is 11.3 Å². The molecule has 1 aliphatic carbocycles. The maximum atomic E-state index is 13.5. The Morgan fingerprint density at radius 2 is 1.97 bits per heavy atom. The van der Waals surface area contributed by atoms with Crippen molar-refractivity contribution in [3.8, 4) is 10.4 Å². The van der Waals surface area contributed by atoms with Crippen LogP contribution in [0.4, 0.5) is 5.82 Å². The molecule has 0 spiro atoms. The van der Waals surface area contributed by atoms with Gasteiger partial charge in [0.15, 0.2) is 5.01 Å².